The summed E-state index contributed by atoms with van der Waals surface area (Å²) < 4.78 is 13.4. The summed E-state index contributed by atoms with van der Waals surface area (Å²) in [5.41, 5.74) is 4.69. The van der Waals surface area contributed by atoms with Crippen LogP contribution in [0.2, 0.25) is 0 Å². The van der Waals surface area contributed by atoms with Gasteiger partial charge in [0.15, 0.2) is 17.5 Å². The van der Waals surface area contributed by atoms with Crippen molar-refractivity contribution < 1.29 is 14.3 Å². The van der Waals surface area contributed by atoms with E-state index in [-0.39, 0.29) is 40.9 Å². The van der Waals surface area contributed by atoms with Gasteiger partial charge in [-0.2, -0.15) is 0 Å². The number of hydrogen-bond donors (Lipinski definition) is 0. The van der Waals surface area contributed by atoms with E-state index in [0.717, 1.165) is 55.6 Å². The summed E-state index contributed by atoms with van der Waals surface area (Å²) in [6.07, 6.45) is 3.98. The van der Waals surface area contributed by atoms with E-state index in [0.29, 0.717) is 28.7 Å². The van der Waals surface area contributed by atoms with Crippen LogP contribution in [0.4, 0.5) is 11.4 Å². The number of carbonyl (C=O) groups is 1. The summed E-state index contributed by atoms with van der Waals surface area (Å²) in [7, 11) is 1.60. The third-order valence-electron chi connectivity index (χ3n) is 9.24. The zero-order valence-corrected chi connectivity index (χ0v) is 28.4. The van der Waals surface area contributed by atoms with Gasteiger partial charge in [0.2, 0.25) is 5.70 Å². The van der Waals surface area contributed by atoms with Gasteiger partial charge in [0.25, 0.3) is 0 Å². The molecule has 242 valence electrons. The van der Waals surface area contributed by atoms with E-state index < -0.39 is 5.97 Å². The van der Waals surface area contributed by atoms with Crippen molar-refractivity contribution in [3.05, 3.63) is 70.5 Å². The molecule has 5 rings (SSSR count). The fourth-order valence-corrected chi connectivity index (χ4v) is 6.95. The lowest BCUT2D eigenvalue weighted by molar-refractivity contribution is -0.150. The van der Waals surface area contributed by atoms with Crippen LogP contribution in [-0.4, -0.2) is 52.9 Å². The molecule has 2 aromatic carbocycles. The number of esters is 1. The van der Waals surface area contributed by atoms with E-state index >= 15 is 0 Å². The van der Waals surface area contributed by atoms with Gasteiger partial charge in [0, 0.05) is 18.8 Å². The van der Waals surface area contributed by atoms with Crippen molar-refractivity contribution >= 4 is 28.8 Å². The maximum absolute atomic E-state index is 14.1. The van der Waals surface area contributed by atoms with Crippen LogP contribution in [-0.2, 0) is 9.53 Å². The summed E-state index contributed by atoms with van der Waals surface area (Å²) in [4.78, 5) is 30.0. The number of unbranched alkanes of at least 4 members (excludes halogenated alkanes) is 1. The molecule has 9 nitrogen and oxygen atoms in total. The van der Waals surface area contributed by atoms with Crippen LogP contribution in [0.5, 0.6) is 5.75 Å². The summed E-state index contributed by atoms with van der Waals surface area (Å²) in [5.74, 6) is 1.93. The van der Waals surface area contributed by atoms with Gasteiger partial charge in [-0.3, -0.25) is 0 Å². The smallest absolute Gasteiger partial charge is 0.331 e. The van der Waals surface area contributed by atoms with E-state index in [1.165, 1.54) is 4.68 Å². The highest BCUT2D eigenvalue weighted by atomic mass is 16.5. The Morgan fingerprint density at radius 1 is 1.11 bits per heavy atom. The van der Waals surface area contributed by atoms with Crippen molar-refractivity contribution in [2.75, 3.05) is 25.1 Å². The fourth-order valence-electron chi connectivity index (χ4n) is 6.95. The number of methoxy groups -OCH3 is 1. The number of carbonyl (C=O) groups excluding carboxylic acids is 1. The van der Waals surface area contributed by atoms with Crippen LogP contribution in [0.25, 0.3) is 21.8 Å². The number of aromatic nitrogens is 3. The highest BCUT2D eigenvalue weighted by Crippen LogP contribution is 2.39. The molecule has 2 aliphatic rings. The molecule has 0 spiro atoms. The lowest BCUT2D eigenvalue weighted by Gasteiger charge is -2.37. The Morgan fingerprint density at radius 2 is 1.85 bits per heavy atom. The first-order valence-corrected chi connectivity index (χ1v) is 16.5. The third-order valence-corrected chi connectivity index (χ3v) is 9.24. The number of aliphatic imine (C=N–C) groups is 1. The maximum atomic E-state index is 14.1. The van der Waals surface area contributed by atoms with Crippen molar-refractivity contribution in [2.24, 2.45) is 22.7 Å². The normalized spacial score (nSPS) is 21.7. The maximum Gasteiger partial charge on any atom is 0.331 e. The van der Waals surface area contributed by atoms with Crippen LogP contribution < -0.4 is 9.64 Å². The van der Waals surface area contributed by atoms with Crippen LogP contribution in [0.3, 0.4) is 0 Å². The summed E-state index contributed by atoms with van der Waals surface area (Å²) in [6, 6.07) is 11.9. The number of aryl methyl sites for hydroxylation is 2. The monoisotopic (exact) mass is 622 g/mol. The third kappa shape index (κ3) is 6.44. The molecule has 2 atom stereocenters. The second kappa shape index (κ2) is 13.9. The second-order valence-electron chi connectivity index (χ2n) is 13.0. The van der Waals surface area contributed by atoms with Gasteiger partial charge in [-0.15, -0.1) is 5.10 Å². The average Bonchev–Trinajstić information content (AvgIpc) is 3.57. The first-order valence-electron chi connectivity index (χ1n) is 16.5. The number of nitrogens with zero attached hydrogens (tertiary/aromatic N) is 6. The van der Waals surface area contributed by atoms with Crippen LogP contribution in [0, 0.1) is 38.2 Å². The molecule has 0 amide bonds. The molecule has 2 heterocycles. The van der Waals surface area contributed by atoms with Crippen molar-refractivity contribution in [3.63, 3.8) is 0 Å². The van der Waals surface area contributed by atoms with Crippen LogP contribution in [0.1, 0.15) is 77.3 Å². The Labute approximate surface area is 273 Å². The summed E-state index contributed by atoms with van der Waals surface area (Å²) in [6.45, 7) is 25.0. The highest BCUT2D eigenvalue weighted by molar-refractivity contribution is 6.29. The molecule has 1 aliphatic heterocycles. The van der Waals surface area contributed by atoms with Gasteiger partial charge in [0.1, 0.15) is 17.4 Å². The molecule has 3 aromatic rings. The average molecular weight is 623 g/mol. The Kier molecular flexibility index (Phi) is 9.95. The predicted octanol–water partition coefficient (Wildman–Crippen LogP) is 8.03. The first kappa shape index (κ1) is 32.9. The summed E-state index contributed by atoms with van der Waals surface area (Å²) >= 11 is 0. The number of benzene rings is 2. The van der Waals surface area contributed by atoms with Gasteiger partial charge < -0.3 is 14.4 Å². The molecular formula is C37H46N6O3. The zero-order chi connectivity index (χ0) is 33.1. The number of hydrogen-bond acceptors (Lipinski definition) is 7. The van der Waals surface area contributed by atoms with E-state index in [2.05, 4.69) is 56.5 Å². The van der Waals surface area contributed by atoms with Crippen LogP contribution in [0.15, 0.2) is 47.1 Å². The van der Waals surface area contributed by atoms with Gasteiger partial charge >= 0.3 is 5.97 Å². The Bertz CT molecular complexity index is 1700. The first-order chi connectivity index (χ1) is 22.1. The minimum Gasteiger partial charge on any atom is -0.496 e. The van der Waals surface area contributed by atoms with Crippen molar-refractivity contribution in [1.29, 1.82) is 0 Å². The lowest BCUT2D eigenvalue weighted by Crippen LogP contribution is -2.37. The molecule has 1 saturated carbocycles. The quantitative estimate of drug-likeness (QED) is 0.168. The van der Waals surface area contributed by atoms with Gasteiger partial charge in [-0.05, 0) is 93.7 Å². The highest BCUT2D eigenvalue weighted by Gasteiger charge is 2.41. The molecule has 9 heteroatoms. The van der Waals surface area contributed by atoms with Crippen molar-refractivity contribution in [1.82, 2.24) is 14.8 Å². The number of fused-ring (bicyclic) bond motifs is 1. The van der Waals surface area contributed by atoms with E-state index in [1.54, 1.807) is 7.11 Å². The largest absolute Gasteiger partial charge is 0.496 e. The molecule has 0 saturated heterocycles. The zero-order valence-electron chi connectivity index (χ0n) is 28.4. The van der Waals surface area contributed by atoms with E-state index in [9.17, 15) is 4.79 Å². The molecule has 1 fully saturated rings. The number of allylic oxidation sites excluding steroid dienone is 1. The molecule has 1 aromatic heterocycles. The molecule has 1 aliphatic carbocycles. The molecule has 0 N–H and O–H groups in total. The SMILES string of the molecule is [C-]#[N+]C1=C(C(=O)OC2C(C)CC(C)CC2C)c2nc(-c3cc(C)ccc3OC)nn2C1=Nc1ccc(N(CC)CCCC)cc1C. The molecule has 0 bridgehead atoms. The summed E-state index contributed by atoms with van der Waals surface area (Å²) in [5, 5.41) is 4.82. The molecule has 0 radical (unpaired) electrons. The van der Waals surface area contributed by atoms with Crippen molar-refractivity contribution in [3.8, 4) is 17.1 Å². The standard InChI is InChI=1S/C37H46N6O3/c1-10-12-17-42(11-2)27-14-15-29(24(5)21-27)39-36-32(38-8)31(37(44)46-33-25(6)18-23(4)19-26(33)7)35-40-34(41-43(35)36)28-20-22(3)13-16-30(28)45-9/h13-16,20-21,23,25-26,33H,10-12,17-19H2,1-7,9H3. The van der Waals surface area contributed by atoms with Crippen LogP contribution >= 0.6 is 0 Å². The Morgan fingerprint density at radius 3 is 2.48 bits per heavy atom. The van der Waals surface area contributed by atoms with Crippen molar-refractivity contribution in [2.45, 2.75) is 80.3 Å². The van der Waals surface area contributed by atoms with Gasteiger partial charge in [-0.1, -0.05) is 45.7 Å². The van der Waals surface area contributed by atoms with E-state index in [4.69, 9.17) is 31.1 Å². The number of rotatable bonds is 10. The lowest BCUT2D eigenvalue weighted by atomic mass is 9.75. The predicted molar refractivity (Wildman–Crippen MR) is 183 cm³/mol. The Hall–Kier alpha value is -4.45. The minimum absolute atomic E-state index is 0.0915. The topological polar surface area (TPSA) is 86.2 Å². The molecular weight excluding hydrogens is 576 g/mol. The fraction of sp³-hybridized carbons (Fsp3) is 0.486. The number of anilines is 1. The Balaban J connectivity index is 1.62. The van der Waals surface area contributed by atoms with Gasteiger partial charge in [-0.25, -0.2) is 24.3 Å². The number of ether oxygens (including phenoxy) is 2. The minimum atomic E-state index is -0.563. The molecule has 2 unspecified atom stereocenters. The molecule has 46 heavy (non-hydrogen) atoms. The van der Waals surface area contributed by atoms with Gasteiger partial charge in [0.05, 0.1) is 24.9 Å². The van der Waals surface area contributed by atoms with E-state index in [1.807, 2.05) is 38.1 Å². The second-order valence-corrected chi connectivity index (χ2v) is 13.0.